The Bertz CT molecular complexity index is 1610. The molecule has 0 amide bonds. The SMILES string of the molecule is Cc1ccc(-n2c(C(C)N(C)S(=O)(=O)c3c(Cl)cc(Cl)cc3Cl)nc3ccccc3c2=O)c(C)c1. The summed E-state index contributed by atoms with van der Waals surface area (Å²) in [5.74, 6) is 0.257. The number of para-hydroxylation sites is 1. The fourth-order valence-corrected chi connectivity index (χ4v) is 6.82. The van der Waals surface area contributed by atoms with Crippen LogP contribution >= 0.6 is 34.8 Å². The van der Waals surface area contributed by atoms with Crippen LogP contribution in [0.25, 0.3) is 16.6 Å². The van der Waals surface area contributed by atoms with Gasteiger partial charge in [-0.1, -0.05) is 64.6 Å². The second-order valence-electron chi connectivity index (χ2n) is 8.31. The van der Waals surface area contributed by atoms with Crippen LogP contribution in [0, 0.1) is 13.8 Å². The molecular weight excluding hydrogens is 529 g/mol. The standard InChI is InChI=1S/C25H22Cl3N3O3S/c1-14-9-10-22(15(2)11-14)31-24(29-21-8-6-5-7-18(21)25(31)32)16(3)30(4)35(33,34)23-19(27)12-17(26)13-20(23)28/h5-13,16H,1-4H3. The van der Waals surface area contributed by atoms with Crippen LogP contribution in [0.5, 0.6) is 0 Å². The van der Waals surface area contributed by atoms with Crippen LogP contribution in [-0.4, -0.2) is 29.3 Å². The van der Waals surface area contributed by atoms with Crippen LogP contribution in [0.2, 0.25) is 15.1 Å². The van der Waals surface area contributed by atoms with Crippen molar-refractivity contribution in [2.24, 2.45) is 0 Å². The molecule has 1 unspecified atom stereocenters. The molecule has 0 fully saturated rings. The Kier molecular flexibility index (Phi) is 7.01. The monoisotopic (exact) mass is 549 g/mol. The minimum absolute atomic E-state index is 0.0974. The summed E-state index contributed by atoms with van der Waals surface area (Å²) in [7, 11) is -2.79. The van der Waals surface area contributed by atoms with E-state index >= 15 is 0 Å². The zero-order valence-electron chi connectivity index (χ0n) is 19.4. The van der Waals surface area contributed by atoms with Gasteiger partial charge in [-0.2, -0.15) is 4.31 Å². The first kappa shape index (κ1) is 25.7. The highest BCUT2D eigenvalue weighted by Gasteiger charge is 2.33. The fraction of sp³-hybridized carbons (Fsp3) is 0.200. The molecule has 0 aliphatic carbocycles. The highest BCUT2D eigenvalue weighted by atomic mass is 35.5. The van der Waals surface area contributed by atoms with Crippen LogP contribution in [-0.2, 0) is 10.0 Å². The Balaban J connectivity index is 1.96. The number of hydrogen-bond acceptors (Lipinski definition) is 4. The third kappa shape index (κ3) is 4.59. The van der Waals surface area contributed by atoms with E-state index in [0.717, 1.165) is 15.4 Å². The first-order valence-corrected chi connectivity index (χ1v) is 13.2. The average Bonchev–Trinajstić information content (AvgIpc) is 2.78. The average molecular weight is 551 g/mol. The van der Waals surface area contributed by atoms with Crippen molar-refractivity contribution in [2.45, 2.75) is 31.7 Å². The Morgan fingerprint density at radius 1 is 0.971 bits per heavy atom. The Labute approximate surface area is 218 Å². The van der Waals surface area contributed by atoms with E-state index in [0.29, 0.717) is 16.6 Å². The van der Waals surface area contributed by atoms with Crippen LogP contribution in [0.4, 0.5) is 0 Å². The van der Waals surface area contributed by atoms with E-state index in [-0.39, 0.29) is 31.3 Å². The quantitative estimate of drug-likeness (QED) is 0.290. The maximum atomic E-state index is 13.7. The zero-order valence-corrected chi connectivity index (χ0v) is 22.5. The van der Waals surface area contributed by atoms with Crippen molar-refractivity contribution >= 4 is 55.7 Å². The molecule has 10 heteroatoms. The van der Waals surface area contributed by atoms with Gasteiger partial charge in [0.15, 0.2) is 0 Å². The molecule has 3 aromatic carbocycles. The van der Waals surface area contributed by atoms with Crippen molar-refractivity contribution in [1.29, 1.82) is 0 Å². The van der Waals surface area contributed by atoms with Crippen LogP contribution < -0.4 is 5.56 Å². The molecule has 4 aromatic rings. The maximum Gasteiger partial charge on any atom is 0.266 e. The van der Waals surface area contributed by atoms with Crippen molar-refractivity contribution in [3.63, 3.8) is 0 Å². The van der Waals surface area contributed by atoms with E-state index < -0.39 is 16.1 Å². The maximum absolute atomic E-state index is 13.7. The number of fused-ring (bicyclic) bond motifs is 1. The third-order valence-corrected chi connectivity index (χ3v) is 8.98. The van der Waals surface area contributed by atoms with Gasteiger partial charge in [0, 0.05) is 12.1 Å². The van der Waals surface area contributed by atoms with Gasteiger partial charge in [-0.05, 0) is 56.7 Å². The molecule has 0 bridgehead atoms. The molecule has 6 nitrogen and oxygen atoms in total. The van der Waals surface area contributed by atoms with E-state index in [1.54, 1.807) is 31.2 Å². The molecule has 0 saturated carbocycles. The van der Waals surface area contributed by atoms with E-state index in [2.05, 4.69) is 0 Å². The van der Waals surface area contributed by atoms with Crippen molar-refractivity contribution in [3.8, 4) is 5.69 Å². The molecule has 0 radical (unpaired) electrons. The molecule has 1 atom stereocenters. The number of benzene rings is 3. The second kappa shape index (κ2) is 9.56. The summed E-state index contributed by atoms with van der Waals surface area (Å²) in [4.78, 5) is 18.1. The molecular formula is C25H22Cl3N3O3S. The second-order valence-corrected chi connectivity index (χ2v) is 11.5. The largest absolute Gasteiger partial charge is 0.268 e. The Morgan fingerprint density at radius 3 is 2.23 bits per heavy atom. The van der Waals surface area contributed by atoms with Gasteiger partial charge in [0.1, 0.15) is 10.7 Å². The number of rotatable bonds is 5. The number of hydrogen-bond donors (Lipinski definition) is 0. The molecule has 1 heterocycles. The lowest BCUT2D eigenvalue weighted by Gasteiger charge is -2.27. The first-order valence-electron chi connectivity index (χ1n) is 10.7. The molecule has 4 rings (SSSR count). The summed E-state index contributed by atoms with van der Waals surface area (Å²) < 4.78 is 29.8. The third-order valence-electron chi connectivity index (χ3n) is 5.91. The van der Waals surface area contributed by atoms with Gasteiger partial charge in [-0.25, -0.2) is 13.4 Å². The van der Waals surface area contributed by atoms with Crippen molar-refractivity contribution < 1.29 is 8.42 Å². The molecule has 0 aliphatic heterocycles. The van der Waals surface area contributed by atoms with Crippen LogP contribution in [0.3, 0.4) is 0 Å². The lowest BCUT2D eigenvalue weighted by Crippen LogP contribution is -2.35. The molecule has 0 spiro atoms. The molecule has 182 valence electrons. The minimum atomic E-state index is -4.19. The van der Waals surface area contributed by atoms with E-state index in [4.69, 9.17) is 39.8 Å². The summed E-state index contributed by atoms with van der Waals surface area (Å²) in [6.07, 6.45) is 0. The molecule has 0 aliphatic rings. The Hall–Kier alpha value is -2.42. The van der Waals surface area contributed by atoms with Crippen molar-refractivity contribution in [3.05, 3.63) is 97.0 Å². The smallest absolute Gasteiger partial charge is 0.266 e. The van der Waals surface area contributed by atoms with Gasteiger partial charge in [0.2, 0.25) is 10.0 Å². The number of sulfonamides is 1. The molecule has 35 heavy (non-hydrogen) atoms. The number of halogens is 3. The number of aromatic nitrogens is 2. The molecule has 1 aromatic heterocycles. The topological polar surface area (TPSA) is 72.3 Å². The van der Waals surface area contributed by atoms with Crippen LogP contribution in [0.1, 0.15) is 29.9 Å². The fourth-order valence-electron chi connectivity index (χ4n) is 4.01. The highest BCUT2D eigenvalue weighted by Crippen LogP contribution is 2.36. The summed E-state index contributed by atoms with van der Waals surface area (Å²) in [6, 6.07) is 14.4. The van der Waals surface area contributed by atoms with Gasteiger partial charge < -0.3 is 0 Å². The van der Waals surface area contributed by atoms with Crippen molar-refractivity contribution in [2.75, 3.05) is 7.05 Å². The van der Waals surface area contributed by atoms with Crippen molar-refractivity contribution in [1.82, 2.24) is 13.9 Å². The predicted octanol–water partition coefficient (Wildman–Crippen LogP) is 6.34. The van der Waals surface area contributed by atoms with Gasteiger partial charge >= 0.3 is 0 Å². The summed E-state index contributed by atoms with van der Waals surface area (Å²) in [5, 5.41) is 0.451. The summed E-state index contributed by atoms with van der Waals surface area (Å²) in [6.45, 7) is 5.51. The number of aryl methyl sites for hydroxylation is 2. The van der Waals surface area contributed by atoms with Crippen LogP contribution in [0.15, 0.2) is 64.3 Å². The van der Waals surface area contributed by atoms with Gasteiger partial charge in [-0.3, -0.25) is 9.36 Å². The lowest BCUT2D eigenvalue weighted by molar-refractivity contribution is 0.379. The summed E-state index contributed by atoms with van der Waals surface area (Å²) >= 11 is 18.4. The summed E-state index contributed by atoms with van der Waals surface area (Å²) in [5.41, 5.74) is 2.68. The molecule has 0 saturated heterocycles. The van der Waals surface area contributed by atoms with E-state index in [1.165, 1.54) is 23.7 Å². The lowest BCUT2D eigenvalue weighted by atomic mass is 10.1. The van der Waals surface area contributed by atoms with Gasteiger partial charge in [0.05, 0.1) is 32.7 Å². The van der Waals surface area contributed by atoms with E-state index in [9.17, 15) is 13.2 Å². The number of nitrogens with zero attached hydrogens (tertiary/aromatic N) is 3. The first-order chi connectivity index (χ1) is 16.4. The zero-order chi connectivity index (χ0) is 25.7. The predicted molar refractivity (Wildman–Crippen MR) is 142 cm³/mol. The van der Waals surface area contributed by atoms with Gasteiger partial charge in [0.25, 0.3) is 5.56 Å². The highest BCUT2D eigenvalue weighted by molar-refractivity contribution is 7.89. The Morgan fingerprint density at radius 2 is 1.60 bits per heavy atom. The normalized spacial score (nSPS) is 12.9. The molecule has 0 N–H and O–H groups in total. The minimum Gasteiger partial charge on any atom is -0.268 e. The van der Waals surface area contributed by atoms with Gasteiger partial charge in [-0.15, -0.1) is 0 Å². The van der Waals surface area contributed by atoms with E-state index in [1.807, 2.05) is 32.0 Å².